The van der Waals surface area contributed by atoms with Crippen molar-refractivity contribution >= 4 is 40.2 Å². The minimum absolute atomic E-state index is 0.249. The molecule has 2 heterocycles. The van der Waals surface area contributed by atoms with Crippen molar-refractivity contribution < 1.29 is 4.79 Å². The molecule has 0 aliphatic rings. The summed E-state index contributed by atoms with van der Waals surface area (Å²) < 4.78 is 1.84. The number of fused-ring (bicyclic) bond motifs is 1. The van der Waals surface area contributed by atoms with E-state index in [0.717, 1.165) is 33.4 Å². The van der Waals surface area contributed by atoms with Gasteiger partial charge in [-0.05, 0) is 55.5 Å². The van der Waals surface area contributed by atoms with Crippen molar-refractivity contribution in [1.82, 2.24) is 14.8 Å². The number of nitrogens with two attached hydrogens (primary N) is 1. The van der Waals surface area contributed by atoms with E-state index in [4.69, 9.17) is 17.3 Å². The maximum atomic E-state index is 12.2. The number of hydrazine groups is 1. The van der Waals surface area contributed by atoms with Crippen molar-refractivity contribution in [3.63, 3.8) is 0 Å². The van der Waals surface area contributed by atoms with Gasteiger partial charge in [0.15, 0.2) is 0 Å². The molecule has 0 spiro atoms. The number of benzene rings is 1. The lowest BCUT2D eigenvalue weighted by atomic mass is 10.0. The molecule has 3 rings (SSSR count). The summed E-state index contributed by atoms with van der Waals surface area (Å²) in [6.45, 7) is 9.95. The molecule has 0 aliphatic carbocycles. The standard InChI is InChI=1S/C20H25ClN6O/c1-10(2)14-8-17(23-18-13(5)24-26(6)19(14)18)25-27(20(22)28)16-9-15(21)11(3)7-12(16)4/h7-10H,1-6H3,(H2,22,28)(H,23,25). The fourth-order valence-corrected chi connectivity index (χ4v) is 3.53. The lowest BCUT2D eigenvalue weighted by molar-refractivity contribution is 0.255. The number of carbonyl (C=O) groups excluding carboxylic acids is 1. The average Bonchev–Trinajstić information content (AvgIpc) is 2.89. The van der Waals surface area contributed by atoms with Crippen LogP contribution in [0.2, 0.25) is 5.02 Å². The van der Waals surface area contributed by atoms with Crippen molar-refractivity contribution in [1.29, 1.82) is 0 Å². The van der Waals surface area contributed by atoms with Gasteiger partial charge in [0.1, 0.15) is 11.3 Å². The lowest BCUT2D eigenvalue weighted by Gasteiger charge is -2.25. The van der Waals surface area contributed by atoms with Crippen molar-refractivity contribution in [2.75, 3.05) is 10.4 Å². The van der Waals surface area contributed by atoms with Crippen LogP contribution < -0.4 is 16.2 Å². The summed E-state index contributed by atoms with van der Waals surface area (Å²) in [6.07, 6.45) is 0. The van der Waals surface area contributed by atoms with Gasteiger partial charge in [0.2, 0.25) is 0 Å². The molecule has 0 unspecified atom stereocenters. The second-order valence-corrected chi connectivity index (χ2v) is 7.74. The quantitative estimate of drug-likeness (QED) is 0.627. The Kier molecular flexibility index (Phi) is 5.21. The van der Waals surface area contributed by atoms with Crippen LogP contribution in [0.1, 0.15) is 42.1 Å². The van der Waals surface area contributed by atoms with Gasteiger partial charge >= 0.3 is 6.03 Å². The zero-order chi connectivity index (χ0) is 20.7. The number of halogens is 1. The van der Waals surface area contributed by atoms with Crippen LogP contribution in [0.5, 0.6) is 0 Å². The number of rotatable bonds is 4. The molecule has 0 radical (unpaired) electrons. The minimum atomic E-state index is -0.654. The lowest BCUT2D eigenvalue weighted by Crippen LogP contribution is -2.41. The number of pyridine rings is 1. The first-order chi connectivity index (χ1) is 13.1. The van der Waals surface area contributed by atoms with E-state index in [2.05, 4.69) is 29.4 Å². The van der Waals surface area contributed by atoms with Crippen LogP contribution in [0.4, 0.5) is 16.3 Å². The molecule has 3 N–H and O–H groups in total. The highest BCUT2D eigenvalue weighted by Crippen LogP contribution is 2.31. The van der Waals surface area contributed by atoms with Gasteiger partial charge in [0, 0.05) is 12.1 Å². The van der Waals surface area contributed by atoms with Crippen molar-refractivity contribution in [3.8, 4) is 0 Å². The summed E-state index contributed by atoms with van der Waals surface area (Å²) in [5.74, 6) is 0.764. The Hall–Kier alpha value is -2.80. The van der Waals surface area contributed by atoms with Gasteiger partial charge < -0.3 is 5.73 Å². The fourth-order valence-electron chi connectivity index (χ4n) is 3.37. The summed E-state index contributed by atoms with van der Waals surface area (Å²) in [5.41, 5.74) is 14.8. The zero-order valence-corrected chi connectivity index (χ0v) is 17.7. The van der Waals surface area contributed by atoms with Crippen LogP contribution in [0.25, 0.3) is 11.0 Å². The molecule has 0 saturated carbocycles. The number of carbonyl (C=O) groups is 1. The Morgan fingerprint density at radius 1 is 1.21 bits per heavy atom. The number of amides is 2. The van der Waals surface area contributed by atoms with Gasteiger partial charge in [0.05, 0.1) is 16.9 Å². The van der Waals surface area contributed by atoms with Gasteiger partial charge in [-0.1, -0.05) is 31.5 Å². The largest absolute Gasteiger partial charge is 0.350 e. The van der Waals surface area contributed by atoms with Gasteiger partial charge in [-0.25, -0.2) is 14.8 Å². The number of aryl methyl sites for hydroxylation is 4. The van der Waals surface area contributed by atoms with E-state index in [-0.39, 0.29) is 5.92 Å². The van der Waals surface area contributed by atoms with Crippen LogP contribution in [0, 0.1) is 20.8 Å². The summed E-state index contributed by atoms with van der Waals surface area (Å²) >= 11 is 6.27. The third-order valence-corrected chi connectivity index (χ3v) is 5.18. The second-order valence-electron chi connectivity index (χ2n) is 7.33. The smallest absolute Gasteiger partial charge is 0.338 e. The first-order valence-electron chi connectivity index (χ1n) is 9.07. The normalized spacial score (nSPS) is 11.3. The summed E-state index contributed by atoms with van der Waals surface area (Å²) in [7, 11) is 1.91. The third-order valence-electron chi connectivity index (χ3n) is 4.78. The number of hydrogen-bond donors (Lipinski definition) is 2. The fraction of sp³-hybridized carbons (Fsp3) is 0.350. The van der Waals surface area contributed by atoms with Crippen LogP contribution in [0.3, 0.4) is 0 Å². The minimum Gasteiger partial charge on any atom is -0.350 e. The Morgan fingerprint density at radius 3 is 2.50 bits per heavy atom. The van der Waals surface area contributed by atoms with E-state index in [1.807, 2.05) is 44.6 Å². The monoisotopic (exact) mass is 400 g/mol. The molecule has 0 bridgehead atoms. The van der Waals surface area contributed by atoms with E-state index in [0.29, 0.717) is 16.5 Å². The number of nitrogens with zero attached hydrogens (tertiary/aromatic N) is 4. The van der Waals surface area contributed by atoms with E-state index < -0.39 is 6.03 Å². The molecule has 148 valence electrons. The summed E-state index contributed by atoms with van der Waals surface area (Å²) in [6, 6.07) is 4.91. The Balaban J connectivity index is 2.12. The molecular formula is C20H25ClN6O. The molecule has 2 aromatic heterocycles. The maximum absolute atomic E-state index is 12.2. The van der Waals surface area contributed by atoms with Crippen LogP contribution in [-0.2, 0) is 7.05 Å². The van der Waals surface area contributed by atoms with Crippen molar-refractivity contribution in [2.24, 2.45) is 12.8 Å². The van der Waals surface area contributed by atoms with E-state index >= 15 is 0 Å². The molecule has 28 heavy (non-hydrogen) atoms. The zero-order valence-electron chi connectivity index (χ0n) is 17.0. The molecule has 8 heteroatoms. The highest BCUT2D eigenvalue weighted by atomic mass is 35.5. The Morgan fingerprint density at radius 2 is 1.89 bits per heavy atom. The number of anilines is 2. The number of aromatic nitrogens is 3. The predicted octanol–water partition coefficient (Wildman–Crippen LogP) is 4.58. The SMILES string of the molecule is Cc1cc(C)c(N(Nc2cc(C(C)C)c3c(n2)c(C)nn3C)C(N)=O)cc1Cl. The van der Waals surface area contributed by atoms with E-state index in [1.165, 1.54) is 5.01 Å². The van der Waals surface area contributed by atoms with Gasteiger partial charge in [-0.15, -0.1) is 0 Å². The van der Waals surface area contributed by atoms with Crippen LogP contribution in [0.15, 0.2) is 18.2 Å². The molecule has 0 atom stereocenters. The molecule has 2 amide bonds. The third kappa shape index (κ3) is 3.49. The summed E-state index contributed by atoms with van der Waals surface area (Å²) in [4.78, 5) is 16.9. The molecule has 0 fully saturated rings. The highest BCUT2D eigenvalue weighted by molar-refractivity contribution is 6.31. The number of urea groups is 1. The van der Waals surface area contributed by atoms with E-state index in [9.17, 15) is 4.79 Å². The van der Waals surface area contributed by atoms with Crippen LogP contribution in [-0.4, -0.2) is 20.8 Å². The van der Waals surface area contributed by atoms with Gasteiger partial charge in [-0.2, -0.15) is 5.10 Å². The number of nitrogens with one attached hydrogen (secondary N) is 1. The first kappa shape index (κ1) is 19.9. The Labute approximate surface area is 169 Å². The Bertz CT molecular complexity index is 1070. The van der Waals surface area contributed by atoms with Crippen molar-refractivity contribution in [2.45, 2.75) is 40.5 Å². The van der Waals surface area contributed by atoms with Gasteiger partial charge in [0.25, 0.3) is 0 Å². The van der Waals surface area contributed by atoms with E-state index in [1.54, 1.807) is 6.07 Å². The highest BCUT2D eigenvalue weighted by Gasteiger charge is 2.20. The van der Waals surface area contributed by atoms with Crippen molar-refractivity contribution in [3.05, 3.63) is 45.6 Å². The first-order valence-corrected chi connectivity index (χ1v) is 9.45. The molecule has 1 aromatic carbocycles. The summed E-state index contributed by atoms with van der Waals surface area (Å²) in [5, 5.41) is 6.31. The number of hydrogen-bond acceptors (Lipinski definition) is 4. The molecule has 7 nitrogen and oxygen atoms in total. The predicted molar refractivity (Wildman–Crippen MR) is 114 cm³/mol. The average molecular weight is 401 g/mol. The second kappa shape index (κ2) is 7.31. The maximum Gasteiger partial charge on any atom is 0.338 e. The molecular weight excluding hydrogens is 376 g/mol. The van der Waals surface area contributed by atoms with Crippen LogP contribution >= 0.6 is 11.6 Å². The topological polar surface area (TPSA) is 89.1 Å². The molecule has 3 aromatic rings. The molecule has 0 saturated heterocycles. The molecule has 0 aliphatic heterocycles. The van der Waals surface area contributed by atoms with Gasteiger partial charge in [-0.3, -0.25) is 10.1 Å². The number of primary amides is 1.